The number of ketones is 1. The van der Waals surface area contributed by atoms with Gasteiger partial charge in [0.25, 0.3) is 6.29 Å². The fourth-order valence-corrected chi connectivity index (χ4v) is 1.98. The zero-order chi connectivity index (χ0) is 11.5. The number of carbonyl (C=O) groups is 2. The molecule has 1 fully saturated rings. The number of carbonyl (C=O) groups excluding carboxylic acids is 2. The van der Waals surface area contributed by atoms with Gasteiger partial charge >= 0.3 is 5.97 Å². The van der Waals surface area contributed by atoms with Gasteiger partial charge in [0.1, 0.15) is 12.0 Å². The van der Waals surface area contributed by atoms with Crippen LogP contribution in [0.5, 0.6) is 0 Å². The maximum absolute atomic E-state index is 11.6. The van der Waals surface area contributed by atoms with Crippen LogP contribution in [0, 0.1) is 5.92 Å². The van der Waals surface area contributed by atoms with Gasteiger partial charge in [-0.05, 0) is 12.8 Å². The average molecular weight is 226 g/mol. The molecular weight excluding hydrogens is 212 g/mol. The third kappa shape index (κ3) is 2.03. The number of rotatable bonds is 2. The van der Waals surface area contributed by atoms with Crippen LogP contribution < -0.4 is 0 Å². The Morgan fingerprint density at radius 1 is 1.50 bits per heavy atom. The van der Waals surface area contributed by atoms with Crippen molar-refractivity contribution >= 4 is 11.8 Å². The Bertz CT molecular complexity index is 333. The lowest BCUT2D eigenvalue weighted by Gasteiger charge is -2.24. The van der Waals surface area contributed by atoms with Crippen molar-refractivity contribution in [1.82, 2.24) is 0 Å². The molecule has 2 unspecified atom stereocenters. The van der Waals surface area contributed by atoms with E-state index in [4.69, 9.17) is 9.47 Å². The molecule has 0 bridgehead atoms. The number of esters is 1. The first kappa shape index (κ1) is 11.0. The fourth-order valence-electron chi connectivity index (χ4n) is 1.98. The molecule has 1 heterocycles. The van der Waals surface area contributed by atoms with Crippen molar-refractivity contribution in [2.24, 2.45) is 5.92 Å². The van der Waals surface area contributed by atoms with Gasteiger partial charge in [-0.1, -0.05) is 6.42 Å². The number of hydrogen-bond donors (Lipinski definition) is 0. The Morgan fingerprint density at radius 3 is 3.00 bits per heavy atom. The summed E-state index contributed by atoms with van der Waals surface area (Å²) in [6, 6.07) is 0. The Hall–Kier alpha value is -1.52. The minimum atomic E-state index is -0.651. The van der Waals surface area contributed by atoms with Crippen LogP contribution in [-0.2, 0) is 23.8 Å². The molecule has 1 aliphatic carbocycles. The molecule has 0 aromatic rings. The van der Waals surface area contributed by atoms with Crippen molar-refractivity contribution in [3.05, 3.63) is 12.0 Å². The summed E-state index contributed by atoms with van der Waals surface area (Å²) in [4.78, 5) is 22.8. The number of Topliss-reactive ketones (excluding diaryl/α,β-unsaturated/α-hetero) is 1. The van der Waals surface area contributed by atoms with Gasteiger partial charge in [0.05, 0.1) is 13.0 Å². The lowest BCUT2D eigenvalue weighted by atomic mass is 9.87. The standard InChI is InChI=1S/C11H14O5/c1-14-10(13)9-6-15-11(16-9)7-4-2-3-5-8(7)12/h6-7,11H,2-5H2,1H3. The molecule has 0 N–H and O–H groups in total. The lowest BCUT2D eigenvalue weighted by Crippen LogP contribution is -2.32. The fraction of sp³-hybridized carbons (Fsp3) is 0.636. The van der Waals surface area contributed by atoms with Gasteiger partial charge in [-0.15, -0.1) is 0 Å². The Kier molecular flexibility index (Phi) is 3.12. The Labute approximate surface area is 93.4 Å². The topological polar surface area (TPSA) is 61.8 Å². The SMILES string of the molecule is COC(=O)C1=COC(C2CCCCC2=O)O1. The maximum atomic E-state index is 11.6. The van der Waals surface area contributed by atoms with E-state index in [-0.39, 0.29) is 17.5 Å². The van der Waals surface area contributed by atoms with Gasteiger partial charge < -0.3 is 14.2 Å². The second-order valence-corrected chi connectivity index (χ2v) is 3.91. The predicted octanol–water partition coefficient (Wildman–Crippen LogP) is 1.13. The molecule has 1 saturated carbocycles. The highest BCUT2D eigenvalue weighted by Gasteiger charge is 2.37. The zero-order valence-electron chi connectivity index (χ0n) is 9.10. The largest absolute Gasteiger partial charge is 0.463 e. The first-order valence-electron chi connectivity index (χ1n) is 5.35. The van der Waals surface area contributed by atoms with Crippen LogP contribution in [-0.4, -0.2) is 25.2 Å². The minimum absolute atomic E-state index is 0.0332. The monoisotopic (exact) mass is 226 g/mol. The normalized spacial score (nSPS) is 29.1. The molecule has 5 nitrogen and oxygen atoms in total. The van der Waals surface area contributed by atoms with E-state index in [2.05, 4.69) is 4.74 Å². The van der Waals surface area contributed by atoms with Crippen molar-refractivity contribution in [2.45, 2.75) is 32.0 Å². The van der Waals surface area contributed by atoms with Crippen LogP contribution >= 0.6 is 0 Å². The van der Waals surface area contributed by atoms with E-state index in [1.165, 1.54) is 13.4 Å². The quantitative estimate of drug-likeness (QED) is 0.660. The molecule has 0 spiro atoms. The first-order valence-corrected chi connectivity index (χ1v) is 5.35. The zero-order valence-corrected chi connectivity index (χ0v) is 9.10. The van der Waals surface area contributed by atoms with Crippen LogP contribution in [0.3, 0.4) is 0 Å². The van der Waals surface area contributed by atoms with Gasteiger partial charge in [-0.3, -0.25) is 4.79 Å². The molecule has 5 heteroatoms. The first-order chi connectivity index (χ1) is 7.72. The molecule has 0 amide bonds. The summed E-state index contributed by atoms with van der Waals surface area (Å²) in [6.45, 7) is 0. The molecule has 0 saturated heterocycles. The van der Waals surface area contributed by atoms with Crippen LogP contribution in [0.2, 0.25) is 0 Å². The van der Waals surface area contributed by atoms with E-state index < -0.39 is 12.3 Å². The van der Waals surface area contributed by atoms with Crippen LogP contribution in [0.4, 0.5) is 0 Å². The summed E-state index contributed by atoms with van der Waals surface area (Å²) in [5.41, 5.74) is 0. The van der Waals surface area contributed by atoms with Gasteiger partial charge in [-0.2, -0.15) is 0 Å². The van der Waals surface area contributed by atoms with E-state index in [9.17, 15) is 9.59 Å². The number of ether oxygens (including phenoxy) is 3. The Morgan fingerprint density at radius 2 is 2.31 bits per heavy atom. The van der Waals surface area contributed by atoms with E-state index in [1.807, 2.05) is 0 Å². The van der Waals surface area contributed by atoms with Crippen LogP contribution in [0.1, 0.15) is 25.7 Å². The number of methoxy groups -OCH3 is 1. The summed E-state index contributed by atoms with van der Waals surface area (Å²) < 4.78 is 15.0. The van der Waals surface area contributed by atoms with Gasteiger partial charge in [0, 0.05) is 6.42 Å². The molecule has 2 aliphatic rings. The van der Waals surface area contributed by atoms with E-state index in [0.29, 0.717) is 6.42 Å². The lowest BCUT2D eigenvalue weighted by molar-refractivity contribution is -0.150. The van der Waals surface area contributed by atoms with Crippen molar-refractivity contribution in [3.8, 4) is 0 Å². The van der Waals surface area contributed by atoms with Crippen LogP contribution in [0.25, 0.3) is 0 Å². The molecule has 0 aromatic carbocycles. The highest BCUT2D eigenvalue weighted by atomic mass is 16.7. The molecular formula is C11H14O5. The molecule has 0 aromatic heterocycles. The summed E-state index contributed by atoms with van der Waals surface area (Å²) in [6.07, 6.45) is 3.82. The average Bonchev–Trinajstić information content (AvgIpc) is 2.78. The highest BCUT2D eigenvalue weighted by molar-refractivity contribution is 5.86. The second-order valence-electron chi connectivity index (χ2n) is 3.91. The molecule has 88 valence electrons. The molecule has 2 rings (SSSR count). The molecule has 2 atom stereocenters. The highest BCUT2D eigenvalue weighted by Crippen LogP contribution is 2.30. The molecule has 0 radical (unpaired) electrons. The van der Waals surface area contributed by atoms with E-state index >= 15 is 0 Å². The smallest absolute Gasteiger partial charge is 0.376 e. The van der Waals surface area contributed by atoms with E-state index in [1.54, 1.807) is 0 Å². The summed E-state index contributed by atoms with van der Waals surface area (Å²) in [5, 5.41) is 0. The predicted molar refractivity (Wildman–Crippen MR) is 53.0 cm³/mol. The van der Waals surface area contributed by atoms with Crippen molar-refractivity contribution in [3.63, 3.8) is 0 Å². The molecule has 1 aliphatic heterocycles. The Balaban J connectivity index is 1.95. The van der Waals surface area contributed by atoms with Gasteiger partial charge in [0.15, 0.2) is 0 Å². The summed E-state index contributed by atoms with van der Waals surface area (Å²) >= 11 is 0. The van der Waals surface area contributed by atoms with Crippen LogP contribution in [0.15, 0.2) is 12.0 Å². The third-order valence-corrected chi connectivity index (χ3v) is 2.87. The van der Waals surface area contributed by atoms with Gasteiger partial charge in [0.2, 0.25) is 5.76 Å². The third-order valence-electron chi connectivity index (χ3n) is 2.87. The second kappa shape index (κ2) is 4.55. The summed E-state index contributed by atoms with van der Waals surface area (Å²) in [5.74, 6) is -0.653. The maximum Gasteiger partial charge on any atom is 0.376 e. The van der Waals surface area contributed by atoms with Crippen molar-refractivity contribution in [2.75, 3.05) is 7.11 Å². The van der Waals surface area contributed by atoms with Crippen molar-refractivity contribution < 1.29 is 23.8 Å². The molecule has 16 heavy (non-hydrogen) atoms. The summed E-state index contributed by atoms with van der Waals surface area (Å²) in [7, 11) is 1.27. The van der Waals surface area contributed by atoms with E-state index in [0.717, 1.165) is 19.3 Å². The van der Waals surface area contributed by atoms with Crippen molar-refractivity contribution in [1.29, 1.82) is 0 Å². The minimum Gasteiger partial charge on any atom is -0.463 e. The number of hydrogen-bond acceptors (Lipinski definition) is 5. The van der Waals surface area contributed by atoms with Gasteiger partial charge in [-0.25, -0.2) is 4.79 Å².